The van der Waals surface area contributed by atoms with Gasteiger partial charge < -0.3 is 24.8 Å². The van der Waals surface area contributed by atoms with Crippen LogP contribution in [0.5, 0.6) is 5.75 Å². The van der Waals surface area contributed by atoms with Crippen molar-refractivity contribution in [1.82, 2.24) is 24.8 Å². The molecule has 0 radical (unpaired) electrons. The Morgan fingerprint density at radius 1 is 1.07 bits per heavy atom. The van der Waals surface area contributed by atoms with Gasteiger partial charge in [-0.2, -0.15) is 5.10 Å². The van der Waals surface area contributed by atoms with Crippen LogP contribution in [0.15, 0.2) is 73.2 Å². The Morgan fingerprint density at radius 2 is 1.93 bits per heavy atom. The highest BCUT2D eigenvalue weighted by molar-refractivity contribution is 5.77. The van der Waals surface area contributed by atoms with Crippen molar-refractivity contribution in [2.75, 3.05) is 32.6 Å². The first-order chi connectivity index (χ1) is 19.5. The van der Waals surface area contributed by atoms with E-state index in [0.717, 1.165) is 28.1 Å². The van der Waals surface area contributed by atoms with Gasteiger partial charge >= 0.3 is 12.1 Å². The Morgan fingerprint density at radius 3 is 2.73 bits per heavy atom. The molecule has 0 aliphatic carbocycles. The van der Waals surface area contributed by atoms with Crippen LogP contribution in [-0.4, -0.2) is 64.9 Å². The van der Waals surface area contributed by atoms with E-state index in [1.807, 2.05) is 66.9 Å². The molecule has 0 bridgehead atoms. The molecule has 11 nitrogen and oxygen atoms in total. The van der Waals surface area contributed by atoms with Crippen molar-refractivity contribution in [1.29, 1.82) is 0 Å². The molecule has 5 rings (SSSR count). The molecule has 1 unspecified atom stereocenters. The molecule has 2 N–H and O–H groups in total. The Labute approximate surface area is 232 Å². The van der Waals surface area contributed by atoms with Gasteiger partial charge in [0.05, 0.1) is 20.1 Å². The van der Waals surface area contributed by atoms with Gasteiger partial charge in [-0.3, -0.25) is 9.69 Å². The number of benzene rings is 2. The third-order valence-electron chi connectivity index (χ3n) is 6.98. The molecule has 0 spiro atoms. The van der Waals surface area contributed by atoms with E-state index in [9.17, 15) is 9.59 Å². The number of hydrogen-bond donors (Lipinski definition) is 2. The summed E-state index contributed by atoms with van der Waals surface area (Å²) < 4.78 is 17.6. The van der Waals surface area contributed by atoms with Crippen molar-refractivity contribution in [3.05, 3.63) is 84.3 Å². The summed E-state index contributed by atoms with van der Waals surface area (Å²) in [6, 6.07) is 18.7. The van der Waals surface area contributed by atoms with Crippen molar-refractivity contribution >= 4 is 29.1 Å². The van der Waals surface area contributed by atoms with Crippen LogP contribution < -0.4 is 15.4 Å². The van der Waals surface area contributed by atoms with Crippen LogP contribution >= 0.6 is 0 Å². The second kappa shape index (κ2) is 12.5. The number of hydrogen-bond acceptors (Lipinski definition) is 9. The predicted octanol–water partition coefficient (Wildman–Crippen LogP) is 3.77. The Balaban J connectivity index is 1.27. The number of carbonyl (C=O) groups excluding carboxylic acids is 2. The van der Waals surface area contributed by atoms with E-state index in [2.05, 4.69) is 25.6 Å². The molecule has 1 fully saturated rings. The van der Waals surface area contributed by atoms with Gasteiger partial charge in [-0.25, -0.2) is 14.3 Å². The molecule has 3 heterocycles. The van der Waals surface area contributed by atoms with Crippen LogP contribution in [0.25, 0.3) is 5.52 Å². The Kier molecular flexibility index (Phi) is 8.41. The van der Waals surface area contributed by atoms with Crippen molar-refractivity contribution < 1.29 is 23.8 Å². The first kappa shape index (κ1) is 26.9. The van der Waals surface area contributed by atoms with E-state index in [1.165, 1.54) is 13.4 Å². The highest BCUT2D eigenvalue weighted by Crippen LogP contribution is 2.27. The number of aromatic nitrogens is 3. The summed E-state index contributed by atoms with van der Waals surface area (Å²) in [5.41, 5.74) is 3.57. The summed E-state index contributed by atoms with van der Waals surface area (Å²) in [6.45, 7) is 1.81. The number of nitrogens with zero attached hydrogens (tertiary/aromatic N) is 4. The van der Waals surface area contributed by atoms with Crippen LogP contribution in [0.4, 0.5) is 16.3 Å². The third kappa shape index (κ3) is 6.32. The number of esters is 1. The van der Waals surface area contributed by atoms with Gasteiger partial charge in [-0.15, -0.1) is 0 Å². The SMILES string of the molecule is COC(=O)[C@H]1CN(Cc2ccn3ncnc(Nc4cccc(OC)c4)c23)CCC1NC(=O)OCc1ccccc1. The first-order valence-corrected chi connectivity index (χ1v) is 13.0. The minimum atomic E-state index is -0.556. The molecule has 40 heavy (non-hydrogen) atoms. The zero-order valence-electron chi connectivity index (χ0n) is 22.4. The van der Waals surface area contributed by atoms with Crippen LogP contribution in [-0.2, 0) is 27.4 Å². The zero-order valence-corrected chi connectivity index (χ0v) is 22.4. The average molecular weight is 545 g/mol. The minimum absolute atomic E-state index is 0.157. The number of nitrogens with one attached hydrogen (secondary N) is 2. The fourth-order valence-corrected chi connectivity index (χ4v) is 4.96. The molecule has 2 aromatic carbocycles. The standard InChI is InChI=1S/C29H32N6O5/c1-38-23-10-6-9-22(15-23)32-27-26-21(11-14-35(26)31-19-30-27)16-34-13-12-25(24(17-34)28(36)39-2)33-29(37)40-18-20-7-4-3-5-8-20/h3-11,14-15,19,24-25H,12-13,16-18H2,1-2H3,(H,33,37)(H,30,31,32)/t24-,25?/m0/s1. The van der Waals surface area contributed by atoms with Crippen molar-refractivity contribution in [2.45, 2.75) is 25.6 Å². The predicted molar refractivity (Wildman–Crippen MR) is 148 cm³/mol. The maximum absolute atomic E-state index is 12.7. The van der Waals surface area contributed by atoms with E-state index < -0.39 is 18.1 Å². The number of likely N-dealkylation sites (tertiary alicyclic amines) is 1. The number of fused-ring (bicyclic) bond motifs is 1. The average Bonchev–Trinajstić information content (AvgIpc) is 3.40. The smallest absolute Gasteiger partial charge is 0.407 e. The largest absolute Gasteiger partial charge is 0.497 e. The third-order valence-corrected chi connectivity index (χ3v) is 6.98. The lowest BCUT2D eigenvalue weighted by atomic mass is 9.92. The molecule has 208 valence electrons. The molecule has 1 aliphatic rings. The highest BCUT2D eigenvalue weighted by Gasteiger charge is 2.36. The van der Waals surface area contributed by atoms with Crippen LogP contribution in [0.2, 0.25) is 0 Å². The van der Waals surface area contributed by atoms with E-state index in [-0.39, 0.29) is 12.6 Å². The molecular weight excluding hydrogens is 512 g/mol. The van der Waals surface area contributed by atoms with Crippen LogP contribution in [0, 0.1) is 5.92 Å². The molecule has 4 aromatic rings. The monoisotopic (exact) mass is 544 g/mol. The Hall–Kier alpha value is -4.64. The summed E-state index contributed by atoms with van der Waals surface area (Å²) in [5.74, 6) is 0.483. The fourth-order valence-electron chi connectivity index (χ4n) is 4.96. The Bertz CT molecular complexity index is 1460. The lowest BCUT2D eigenvalue weighted by Gasteiger charge is -2.37. The number of ether oxygens (including phenoxy) is 3. The molecular formula is C29H32N6O5. The molecule has 1 amide bonds. The summed E-state index contributed by atoms with van der Waals surface area (Å²) in [5, 5.41) is 10.6. The second-order valence-electron chi connectivity index (χ2n) is 9.57. The number of amides is 1. The number of carbonyl (C=O) groups is 2. The van der Waals surface area contributed by atoms with Gasteiger partial charge in [-0.1, -0.05) is 36.4 Å². The number of alkyl carbamates (subject to hydrolysis) is 1. The van der Waals surface area contributed by atoms with Crippen LogP contribution in [0.1, 0.15) is 17.5 Å². The van der Waals surface area contributed by atoms with Gasteiger partial charge in [0.15, 0.2) is 5.82 Å². The van der Waals surface area contributed by atoms with Crippen molar-refractivity contribution in [2.24, 2.45) is 5.92 Å². The lowest BCUT2D eigenvalue weighted by Crippen LogP contribution is -2.53. The molecule has 2 aromatic heterocycles. The topological polar surface area (TPSA) is 119 Å². The van der Waals surface area contributed by atoms with E-state index in [0.29, 0.717) is 31.9 Å². The summed E-state index contributed by atoms with van der Waals surface area (Å²) in [7, 11) is 2.99. The summed E-state index contributed by atoms with van der Waals surface area (Å²) >= 11 is 0. The van der Waals surface area contributed by atoms with Gasteiger partial charge in [0, 0.05) is 43.6 Å². The van der Waals surface area contributed by atoms with Gasteiger partial charge in [0.25, 0.3) is 0 Å². The second-order valence-corrected chi connectivity index (χ2v) is 9.57. The van der Waals surface area contributed by atoms with Gasteiger partial charge in [-0.05, 0) is 35.7 Å². The van der Waals surface area contributed by atoms with E-state index >= 15 is 0 Å². The summed E-state index contributed by atoms with van der Waals surface area (Å²) in [6.07, 6.45) is 3.40. The molecule has 1 saturated heterocycles. The summed E-state index contributed by atoms with van der Waals surface area (Å²) in [4.78, 5) is 31.9. The first-order valence-electron chi connectivity index (χ1n) is 13.0. The van der Waals surface area contributed by atoms with E-state index in [4.69, 9.17) is 14.2 Å². The van der Waals surface area contributed by atoms with Crippen molar-refractivity contribution in [3.63, 3.8) is 0 Å². The number of anilines is 2. The maximum Gasteiger partial charge on any atom is 0.407 e. The molecule has 0 saturated carbocycles. The quantitative estimate of drug-likeness (QED) is 0.304. The van der Waals surface area contributed by atoms with Gasteiger partial charge in [0.1, 0.15) is 24.2 Å². The fraction of sp³-hybridized carbons (Fsp3) is 0.310. The molecule has 2 atom stereocenters. The molecule has 1 aliphatic heterocycles. The minimum Gasteiger partial charge on any atom is -0.497 e. The van der Waals surface area contributed by atoms with Crippen molar-refractivity contribution in [3.8, 4) is 5.75 Å². The molecule has 11 heteroatoms. The zero-order chi connectivity index (χ0) is 27.9. The number of piperidine rings is 1. The number of methoxy groups -OCH3 is 2. The maximum atomic E-state index is 12.7. The number of rotatable bonds is 9. The normalized spacial score (nSPS) is 17.2. The van der Waals surface area contributed by atoms with Crippen LogP contribution in [0.3, 0.4) is 0 Å². The lowest BCUT2D eigenvalue weighted by molar-refractivity contribution is -0.148. The van der Waals surface area contributed by atoms with Gasteiger partial charge in [0.2, 0.25) is 0 Å². The highest BCUT2D eigenvalue weighted by atomic mass is 16.5. The van der Waals surface area contributed by atoms with E-state index in [1.54, 1.807) is 11.6 Å².